The summed E-state index contributed by atoms with van der Waals surface area (Å²) in [6.45, 7) is 1.81. The summed E-state index contributed by atoms with van der Waals surface area (Å²) in [7, 11) is 1.87. The number of aliphatic hydroxyl groups is 1. The fraction of sp³-hybridized carbons (Fsp3) is 0.381. The highest BCUT2D eigenvalue weighted by Crippen LogP contribution is 2.27. The van der Waals surface area contributed by atoms with Gasteiger partial charge in [0.1, 0.15) is 0 Å². The molecular formula is C21H26N2O2. The maximum Gasteiger partial charge on any atom is 0.237 e. The first-order chi connectivity index (χ1) is 12.1. The Bertz CT molecular complexity index is 635. The lowest BCUT2D eigenvalue weighted by atomic mass is 9.97. The van der Waals surface area contributed by atoms with E-state index in [9.17, 15) is 9.90 Å². The third kappa shape index (κ3) is 4.47. The number of carbonyl (C=O) groups is 1. The van der Waals surface area contributed by atoms with Crippen molar-refractivity contribution in [3.8, 4) is 0 Å². The van der Waals surface area contributed by atoms with Crippen molar-refractivity contribution in [1.29, 1.82) is 0 Å². The van der Waals surface area contributed by atoms with E-state index in [0.717, 1.165) is 30.5 Å². The van der Waals surface area contributed by atoms with Crippen molar-refractivity contribution in [2.45, 2.75) is 25.0 Å². The Morgan fingerprint density at radius 2 is 1.68 bits per heavy atom. The normalized spacial score (nSPS) is 18.3. The van der Waals surface area contributed by atoms with Crippen LogP contribution >= 0.6 is 0 Å². The first-order valence-corrected chi connectivity index (χ1v) is 8.91. The Labute approximate surface area is 149 Å². The zero-order valence-electron chi connectivity index (χ0n) is 14.7. The molecule has 0 aromatic heterocycles. The molecule has 0 spiro atoms. The predicted octanol–water partition coefficient (Wildman–Crippen LogP) is 2.69. The van der Waals surface area contributed by atoms with Crippen LogP contribution in [0.2, 0.25) is 0 Å². The van der Waals surface area contributed by atoms with E-state index in [0.29, 0.717) is 13.1 Å². The molecule has 4 nitrogen and oxygen atoms in total. The fourth-order valence-corrected chi connectivity index (χ4v) is 3.53. The molecule has 0 unspecified atom stereocenters. The van der Waals surface area contributed by atoms with Gasteiger partial charge in [0, 0.05) is 13.6 Å². The molecule has 0 aliphatic carbocycles. The number of aliphatic hydroxyl groups excluding tert-OH is 1. The maximum atomic E-state index is 12.9. The number of benzene rings is 2. The van der Waals surface area contributed by atoms with Gasteiger partial charge in [-0.3, -0.25) is 9.69 Å². The molecule has 1 N–H and O–H groups in total. The van der Waals surface area contributed by atoms with Crippen LogP contribution in [0, 0.1) is 0 Å². The topological polar surface area (TPSA) is 43.8 Å². The summed E-state index contributed by atoms with van der Waals surface area (Å²) < 4.78 is 0. The van der Waals surface area contributed by atoms with Crippen LogP contribution in [0.1, 0.15) is 30.0 Å². The highest BCUT2D eigenvalue weighted by Gasteiger charge is 2.26. The van der Waals surface area contributed by atoms with Crippen molar-refractivity contribution >= 4 is 5.91 Å². The second-order valence-electron chi connectivity index (χ2n) is 6.76. The molecule has 2 aromatic carbocycles. The lowest BCUT2D eigenvalue weighted by molar-refractivity contribution is -0.133. The first-order valence-electron chi connectivity index (χ1n) is 8.91. The highest BCUT2D eigenvalue weighted by atomic mass is 16.3. The minimum Gasteiger partial charge on any atom is -0.392 e. The summed E-state index contributed by atoms with van der Waals surface area (Å²) >= 11 is 0. The van der Waals surface area contributed by atoms with Crippen LogP contribution in [0.3, 0.4) is 0 Å². The summed E-state index contributed by atoms with van der Waals surface area (Å²) in [5, 5.41) is 9.83. The minimum atomic E-state index is -0.314. The third-order valence-electron chi connectivity index (χ3n) is 4.85. The van der Waals surface area contributed by atoms with Gasteiger partial charge >= 0.3 is 0 Å². The number of rotatable bonds is 5. The summed E-state index contributed by atoms with van der Waals surface area (Å²) in [6.07, 6.45) is 1.46. The van der Waals surface area contributed by atoms with Crippen LogP contribution in [-0.4, -0.2) is 53.6 Å². The van der Waals surface area contributed by atoms with Crippen LogP contribution in [-0.2, 0) is 4.79 Å². The summed E-state index contributed by atoms with van der Waals surface area (Å²) in [4.78, 5) is 16.8. The summed E-state index contributed by atoms with van der Waals surface area (Å²) in [5.41, 5.74) is 2.20. The van der Waals surface area contributed by atoms with Crippen LogP contribution < -0.4 is 0 Å². The largest absolute Gasteiger partial charge is 0.392 e. The molecule has 1 heterocycles. The molecule has 3 rings (SSSR count). The molecule has 1 amide bonds. The van der Waals surface area contributed by atoms with Gasteiger partial charge in [-0.1, -0.05) is 60.7 Å². The van der Waals surface area contributed by atoms with Gasteiger partial charge in [0.15, 0.2) is 0 Å². The van der Waals surface area contributed by atoms with Crippen molar-refractivity contribution < 1.29 is 9.90 Å². The number of carbonyl (C=O) groups excluding carboxylic acids is 1. The molecule has 4 heteroatoms. The number of hydrogen-bond donors (Lipinski definition) is 1. The van der Waals surface area contributed by atoms with Crippen LogP contribution in [0.4, 0.5) is 0 Å². The lowest BCUT2D eigenvalue weighted by Gasteiger charge is -2.34. The number of β-amino-alcohol motifs (C(OH)–C–C–N with tert-alkyl or cyclic N) is 1. The van der Waals surface area contributed by atoms with E-state index in [-0.39, 0.29) is 18.1 Å². The van der Waals surface area contributed by atoms with Gasteiger partial charge in [0.2, 0.25) is 5.91 Å². The number of likely N-dealkylation sites (tertiary alicyclic amines) is 1. The molecule has 1 aliphatic heterocycles. The van der Waals surface area contributed by atoms with Crippen LogP contribution in [0.25, 0.3) is 0 Å². The van der Waals surface area contributed by atoms with Gasteiger partial charge in [-0.05, 0) is 30.5 Å². The second kappa shape index (κ2) is 8.28. The van der Waals surface area contributed by atoms with Crippen LogP contribution in [0.15, 0.2) is 60.7 Å². The van der Waals surface area contributed by atoms with Crippen molar-refractivity contribution in [2.75, 3.05) is 26.7 Å². The molecule has 0 saturated carbocycles. The van der Waals surface area contributed by atoms with E-state index in [4.69, 9.17) is 0 Å². The fourth-order valence-electron chi connectivity index (χ4n) is 3.53. The minimum absolute atomic E-state index is 0.0757. The Hall–Kier alpha value is -2.17. The van der Waals surface area contributed by atoms with Gasteiger partial charge in [0.05, 0.1) is 18.7 Å². The molecule has 0 radical (unpaired) electrons. The number of hydrogen-bond acceptors (Lipinski definition) is 3. The van der Waals surface area contributed by atoms with Gasteiger partial charge < -0.3 is 10.0 Å². The monoisotopic (exact) mass is 338 g/mol. The third-order valence-corrected chi connectivity index (χ3v) is 4.85. The smallest absolute Gasteiger partial charge is 0.237 e. The van der Waals surface area contributed by atoms with E-state index < -0.39 is 0 Å². The standard InChI is InChI=1S/C21H26N2O2/c1-22(20(25)16-23-14-8-13-19(24)15-23)21(17-9-4-2-5-10-17)18-11-6-3-7-12-18/h2-7,9-12,19,21,24H,8,13-16H2,1H3/t19-/m1/s1. The highest BCUT2D eigenvalue weighted by molar-refractivity contribution is 5.79. The van der Waals surface area contributed by atoms with Crippen LogP contribution in [0.5, 0.6) is 0 Å². The van der Waals surface area contributed by atoms with Gasteiger partial charge in [0.25, 0.3) is 0 Å². The van der Waals surface area contributed by atoms with Gasteiger partial charge in [-0.2, -0.15) is 0 Å². The Morgan fingerprint density at radius 3 is 2.20 bits per heavy atom. The van der Waals surface area contributed by atoms with Crippen molar-refractivity contribution in [2.24, 2.45) is 0 Å². The summed E-state index contributed by atoms with van der Waals surface area (Å²) in [5.74, 6) is 0.0757. The van der Waals surface area contributed by atoms with E-state index >= 15 is 0 Å². The average Bonchev–Trinajstić information content (AvgIpc) is 2.63. The molecule has 2 aromatic rings. The van der Waals surface area contributed by atoms with Gasteiger partial charge in [-0.15, -0.1) is 0 Å². The predicted molar refractivity (Wildman–Crippen MR) is 99.2 cm³/mol. The molecular weight excluding hydrogens is 312 g/mol. The Balaban J connectivity index is 1.79. The Kier molecular flexibility index (Phi) is 5.84. The molecule has 0 bridgehead atoms. The molecule has 1 saturated heterocycles. The SMILES string of the molecule is CN(C(=O)CN1CCC[C@@H](O)C1)C(c1ccccc1)c1ccccc1. The zero-order valence-corrected chi connectivity index (χ0v) is 14.7. The van der Waals surface area contributed by atoms with Gasteiger partial charge in [-0.25, -0.2) is 0 Å². The quantitative estimate of drug-likeness (QED) is 0.912. The average molecular weight is 338 g/mol. The van der Waals surface area contributed by atoms with E-state index in [1.54, 1.807) is 0 Å². The molecule has 1 atom stereocenters. The second-order valence-corrected chi connectivity index (χ2v) is 6.76. The van der Waals surface area contributed by atoms with E-state index in [2.05, 4.69) is 29.2 Å². The lowest BCUT2D eigenvalue weighted by Crippen LogP contribution is -2.45. The zero-order chi connectivity index (χ0) is 17.6. The first kappa shape index (κ1) is 17.6. The van der Waals surface area contributed by atoms with E-state index in [1.807, 2.05) is 48.3 Å². The summed E-state index contributed by atoms with van der Waals surface area (Å²) in [6, 6.07) is 20.1. The number of piperidine rings is 1. The van der Waals surface area contributed by atoms with Crippen molar-refractivity contribution in [3.05, 3.63) is 71.8 Å². The molecule has 1 aliphatic rings. The maximum absolute atomic E-state index is 12.9. The Morgan fingerprint density at radius 1 is 1.12 bits per heavy atom. The van der Waals surface area contributed by atoms with E-state index in [1.165, 1.54) is 0 Å². The number of nitrogens with zero attached hydrogens (tertiary/aromatic N) is 2. The molecule has 25 heavy (non-hydrogen) atoms. The number of amides is 1. The van der Waals surface area contributed by atoms with Crippen molar-refractivity contribution in [1.82, 2.24) is 9.80 Å². The number of likely N-dealkylation sites (N-methyl/N-ethyl adjacent to an activating group) is 1. The van der Waals surface area contributed by atoms with Crippen molar-refractivity contribution in [3.63, 3.8) is 0 Å². The molecule has 1 fully saturated rings. The molecule has 132 valence electrons.